The van der Waals surface area contributed by atoms with Crippen molar-refractivity contribution in [2.75, 3.05) is 24.5 Å². The molecule has 3 aromatic heterocycles. The number of nitrogens with one attached hydrogen (secondary N) is 1. The highest BCUT2D eigenvalue weighted by Gasteiger charge is 2.27. The number of nitrogens with zero attached hydrogens (tertiary/aromatic N) is 5. The minimum absolute atomic E-state index is 0.203. The highest BCUT2D eigenvalue weighted by molar-refractivity contribution is 5.91. The standard InChI is InChI=1S/C21H23N7O/c1-13-10-23-19-18(13)20(25-12-24-19)27-6-7-28(14(2)11-27)21(22)26-16-3-4-17-15(9-16)5-8-29-17/h3-5,8-10,12,14H,6-7,11H2,1-2H3,(H2,22,26)(H,23,24,25)/t14-/m0/s1. The molecule has 1 fully saturated rings. The Morgan fingerprint density at radius 3 is 3.03 bits per heavy atom. The number of piperazine rings is 1. The summed E-state index contributed by atoms with van der Waals surface area (Å²) in [6.07, 6.45) is 5.27. The van der Waals surface area contributed by atoms with Crippen LogP contribution in [-0.4, -0.2) is 51.5 Å². The summed E-state index contributed by atoms with van der Waals surface area (Å²) in [5, 5.41) is 2.11. The van der Waals surface area contributed by atoms with Crippen LogP contribution in [0.5, 0.6) is 0 Å². The molecule has 0 bridgehead atoms. The average molecular weight is 389 g/mol. The van der Waals surface area contributed by atoms with Crippen LogP contribution in [0.25, 0.3) is 22.0 Å². The Morgan fingerprint density at radius 1 is 1.28 bits per heavy atom. The van der Waals surface area contributed by atoms with Crippen molar-refractivity contribution in [1.29, 1.82) is 0 Å². The third-order valence-electron chi connectivity index (χ3n) is 5.55. The van der Waals surface area contributed by atoms with E-state index in [2.05, 4.69) is 43.6 Å². The lowest BCUT2D eigenvalue weighted by molar-refractivity contribution is 0.294. The van der Waals surface area contributed by atoms with Crippen LogP contribution in [-0.2, 0) is 0 Å². The molecule has 0 saturated carbocycles. The number of nitrogens with two attached hydrogens (primary N) is 1. The van der Waals surface area contributed by atoms with Crippen LogP contribution in [0.4, 0.5) is 11.5 Å². The molecular formula is C21H23N7O. The largest absolute Gasteiger partial charge is 0.464 e. The molecule has 4 aromatic rings. The van der Waals surface area contributed by atoms with E-state index < -0.39 is 0 Å². The summed E-state index contributed by atoms with van der Waals surface area (Å²) in [5.74, 6) is 1.51. The topological polar surface area (TPSA) is 99.6 Å². The van der Waals surface area contributed by atoms with Gasteiger partial charge in [0.15, 0.2) is 5.96 Å². The number of benzene rings is 1. The van der Waals surface area contributed by atoms with Crippen LogP contribution in [0.2, 0.25) is 0 Å². The smallest absolute Gasteiger partial charge is 0.196 e. The summed E-state index contributed by atoms with van der Waals surface area (Å²) in [5.41, 5.74) is 10.1. The molecule has 1 saturated heterocycles. The maximum atomic E-state index is 6.38. The highest BCUT2D eigenvalue weighted by Crippen LogP contribution is 2.28. The first-order valence-corrected chi connectivity index (χ1v) is 9.72. The summed E-state index contributed by atoms with van der Waals surface area (Å²) in [7, 11) is 0. The van der Waals surface area contributed by atoms with E-state index in [4.69, 9.17) is 10.2 Å². The van der Waals surface area contributed by atoms with Crippen LogP contribution < -0.4 is 10.6 Å². The number of fused-ring (bicyclic) bond motifs is 2. The predicted octanol–water partition coefficient (Wildman–Crippen LogP) is 3.17. The second-order valence-corrected chi connectivity index (χ2v) is 7.49. The first-order chi connectivity index (χ1) is 14.1. The molecule has 5 rings (SSSR count). The van der Waals surface area contributed by atoms with E-state index in [-0.39, 0.29) is 6.04 Å². The number of rotatable bonds is 2. The third-order valence-corrected chi connectivity index (χ3v) is 5.55. The molecule has 0 unspecified atom stereocenters. The van der Waals surface area contributed by atoms with Gasteiger partial charge in [-0.2, -0.15) is 0 Å². The minimum atomic E-state index is 0.203. The fourth-order valence-electron chi connectivity index (χ4n) is 4.05. The lowest BCUT2D eigenvalue weighted by Gasteiger charge is -2.41. The van der Waals surface area contributed by atoms with Crippen LogP contribution in [0, 0.1) is 6.92 Å². The minimum Gasteiger partial charge on any atom is -0.464 e. The zero-order valence-electron chi connectivity index (χ0n) is 16.5. The number of anilines is 1. The Kier molecular flexibility index (Phi) is 4.12. The normalized spacial score (nSPS) is 18.1. The van der Waals surface area contributed by atoms with Crippen LogP contribution in [0.1, 0.15) is 12.5 Å². The van der Waals surface area contributed by atoms with Gasteiger partial charge in [-0.25, -0.2) is 15.0 Å². The number of aliphatic imine (C=N–C) groups is 1. The first kappa shape index (κ1) is 17.5. The molecule has 0 spiro atoms. The van der Waals surface area contributed by atoms with E-state index in [9.17, 15) is 0 Å². The number of H-pyrrole nitrogens is 1. The Hall–Kier alpha value is -3.55. The van der Waals surface area contributed by atoms with Crippen molar-refractivity contribution >= 4 is 39.5 Å². The third kappa shape index (κ3) is 3.06. The Balaban J connectivity index is 1.37. The quantitative estimate of drug-likeness (QED) is 0.403. The van der Waals surface area contributed by atoms with Crippen LogP contribution >= 0.6 is 0 Å². The highest BCUT2D eigenvalue weighted by atomic mass is 16.3. The number of hydrogen-bond acceptors (Lipinski definition) is 5. The summed E-state index contributed by atoms with van der Waals surface area (Å²) in [6.45, 7) is 6.65. The fraction of sp³-hybridized carbons (Fsp3) is 0.286. The molecule has 3 N–H and O–H groups in total. The number of aryl methyl sites for hydroxylation is 1. The van der Waals surface area contributed by atoms with Gasteiger partial charge in [0.1, 0.15) is 23.4 Å². The zero-order valence-corrected chi connectivity index (χ0v) is 16.5. The molecule has 1 aromatic carbocycles. The summed E-state index contributed by atoms with van der Waals surface area (Å²) in [4.78, 5) is 21.2. The molecular weight excluding hydrogens is 366 g/mol. The van der Waals surface area contributed by atoms with Gasteiger partial charge < -0.3 is 24.9 Å². The zero-order chi connectivity index (χ0) is 20.0. The van der Waals surface area contributed by atoms with Crippen molar-refractivity contribution in [1.82, 2.24) is 19.9 Å². The second kappa shape index (κ2) is 6.80. The van der Waals surface area contributed by atoms with Crippen molar-refractivity contribution in [3.8, 4) is 0 Å². The van der Waals surface area contributed by atoms with Crippen molar-refractivity contribution in [2.45, 2.75) is 19.9 Å². The van der Waals surface area contributed by atoms with Crippen LogP contribution in [0.15, 0.2) is 52.5 Å². The van der Waals surface area contributed by atoms with Crippen molar-refractivity contribution in [3.05, 3.63) is 48.6 Å². The number of furan rings is 1. The Labute approximate surface area is 168 Å². The summed E-state index contributed by atoms with van der Waals surface area (Å²) < 4.78 is 5.39. The fourth-order valence-corrected chi connectivity index (χ4v) is 4.05. The van der Waals surface area contributed by atoms with Crippen molar-refractivity contribution < 1.29 is 4.42 Å². The first-order valence-electron chi connectivity index (χ1n) is 9.72. The van der Waals surface area contributed by atoms with E-state index in [0.717, 1.165) is 58.7 Å². The van der Waals surface area contributed by atoms with E-state index in [1.807, 2.05) is 30.5 Å². The van der Waals surface area contributed by atoms with Crippen molar-refractivity contribution in [2.24, 2.45) is 10.7 Å². The van der Waals surface area contributed by atoms with Gasteiger partial charge in [-0.05, 0) is 43.7 Å². The molecule has 148 valence electrons. The molecule has 29 heavy (non-hydrogen) atoms. The number of aromatic nitrogens is 3. The van der Waals surface area contributed by atoms with Crippen LogP contribution in [0.3, 0.4) is 0 Å². The van der Waals surface area contributed by atoms with Gasteiger partial charge in [0.05, 0.1) is 17.3 Å². The maximum Gasteiger partial charge on any atom is 0.196 e. The maximum absolute atomic E-state index is 6.38. The van der Waals surface area contributed by atoms with Gasteiger partial charge in [0.25, 0.3) is 0 Å². The molecule has 0 amide bonds. The number of hydrogen-bond donors (Lipinski definition) is 2. The van der Waals surface area contributed by atoms with E-state index in [1.54, 1.807) is 12.6 Å². The lowest BCUT2D eigenvalue weighted by atomic mass is 10.1. The summed E-state index contributed by atoms with van der Waals surface area (Å²) in [6, 6.07) is 7.96. The second-order valence-electron chi connectivity index (χ2n) is 7.49. The van der Waals surface area contributed by atoms with Gasteiger partial charge in [-0.3, -0.25) is 0 Å². The van der Waals surface area contributed by atoms with Gasteiger partial charge in [0.2, 0.25) is 0 Å². The number of aromatic amines is 1. The molecule has 1 aliphatic rings. The van der Waals surface area contributed by atoms with Crippen molar-refractivity contribution in [3.63, 3.8) is 0 Å². The predicted molar refractivity (Wildman–Crippen MR) is 115 cm³/mol. The van der Waals surface area contributed by atoms with Gasteiger partial charge in [0, 0.05) is 37.3 Å². The molecule has 8 nitrogen and oxygen atoms in total. The molecule has 0 aliphatic carbocycles. The molecule has 1 atom stereocenters. The van der Waals surface area contributed by atoms with E-state index in [1.165, 1.54) is 0 Å². The van der Waals surface area contributed by atoms with E-state index >= 15 is 0 Å². The lowest BCUT2D eigenvalue weighted by Crippen LogP contribution is -2.56. The molecule has 0 radical (unpaired) electrons. The van der Waals surface area contributed by atoms with Gasteiger partial charge >= 0.3 is 0 Å². The van der Waals surface area contributed by atoms with E-state index in [0.29, 0.717) is 5.96 Å². The van der Waals surface area contributed by atoms with Gasteiger partial charge in [-0.15, -0.1) is 0 Å². The average Bonchev–Trinajstić information content (AvgIpc) is 3.34. The Morgan fingerprint density at radius 2 is 2.17 bits per heavy atom. The number of guanidine groups is 1. The SMILES string of the molecule is Cc1c[nH]c2ncnc(N3CCN(C(N)=Nc4ccc5occc5c4)[C@@H](C)C3)c12. The summed E-state index contributed by atoms with van der Waals surface area (Å²) >= 11 is 0. The molecule has 4 heterocycles. The molecule has 8 heteroatoms. The monoisotopic (exact) mass is 389 g/mol. The molecule has 1 aliphatic heterocycles. The Bertz CT molecular complexity index is 1210. The van der Waals surface area contributed by atoms with Gasteiger partial charge in [-0.1, -0.05) is 0 Å².